The lowest BCUT2D eigenvalue weighted by Crippen LogP contribution is -2.40. The van der Waals surface area contributed by atoms with Crippen LogP contribution in [0.25, 0.3) is 0 Å². The molecule has 3 nitrogen and oxygen atoms in total. The summed E-state index contributed by atoms with van der Waals surface area (Å²) >= 11 is 5.50. The molecule has 0 heterocycles. The fraction of sp³-hybridized carbons (Fsp3) is 1.00. The third-order valence-electron chi connectivity index (χ3n) is 3.08. The van der Waals surface area contributed by atoms with Crippen molar-refractivity contribution in [3.63, 3.8) is 0 Å². The molecule has 1 aliphatic rings. The predicted molar refractivity (Wildman–Crippen MR) is 63.7 cm³/mol. The number of sulfonamides is 1. The van der Waals surface area contributed by atoms with Crippen molar-refractivity contribution in [2.45, 2.75) is 39.0 Å². The Labute approximate surface area is 97.6 Å². The number of hydrogen-bond acceptors (Lipinski definition) is 2. The highest BCUT2D eigenvalue weighted by atomic mass is 35.5. The van der Waals surface area contributed by atoms with Gasteiger partial charge in [-0.2, -0.15) is 0 Å². The number of nitrogens with one attached hydrogen (secondary N) is 1. The Morgan fingerprint density at radius 1 is 1.33 bits per heavy atom. The lowest BCUT2D eigenvalue weighted by molar-refractivity contribution is 0.166. The van der Waals surface area contributed by atoms with Gasteiger partial charge in [-0.25, -0.2) is 13.1 Å². The van der Waals surface area contributed by atoms with E-state index in [2.05, 4.69) is 11.6 Å². The average molecular weight is 254 g/mol. The smallest absolute Gasteiger partial charge is 0.211 e. The minimum atomic E-state index is -3.07. The van der Waals surface area contributed by atoms with E-state index in [0.29, 0.717) is 18.8 Å². The van der Waals surface area contributed by atoms with Gasteiger partial charge >= 0.3 is 0 Å². The average Bonchev–Trinajstić information content (AvgIpc) is 2.12. The lowest BCUT2D eigenvalue weighted by Gasteiger charge is -2.38. The van der Waals surface area contributed by atoms with Gasteiger partial charge in [-0.1, -0.05) is 13.3 Å². The minimum absolute atomic E-state index is 0.204. The molecule has 0 bridgehead atoms. The van der Waals surface area contributed by atoms with Crippen LogP contribution in [0.3, 0.4) is 0 Å². The van der Waals surface area contributed by atoms with Gasteiger partial charge in [0.15, 0.2) is 0 Å². The van der Waals surface area contributed by atoms with E-state index in [0.717, 1.165) is 19.3 Å². The van der Waals surface area contributed by atoms with Crippen molar-refractivity contribution < 1.29 is 8.42 Å². The Balaban J connectivity index is 2.23. The van der Waals surface area contributed by atoms with Crippen LogP contribution < -0.4 is 4.72 Å². The predicted octanol–water partition coefficient (Wildman–Crippen LogP) is 2.11. The highest BCUT2D eigenvalue weighted by molar-refractivity contribution is 7.89. The lowest BCUT2D eigenvalue weighted by atomic mass is 9.71. The molecule has 1 rings (SSSR count). The zero-order valence-corrected chi connectivity index (χ0v) is 10.8. The first-order valence-electron chi connectivity index (χ1n) is 5.51. The van der Waals surface area contributed by atoms with Crippen molar-refractivity contribution >= 4 is 21.6 Å². The Morgan fingerprint density at radius 3 is 2.47 bits per heavy atom. The fourth-order valence-electron chi connectivity index (χ4n) is 1.70. The monoisotopic (exact) mass is 253 g/mol. The maximum atomic E-state index is 11.5. The summed E-state index contributed by atoms with van der Waals surface area (Å²) in [6, 6.07) is 0. The second kappa shape index (κ2) is 5.51. The maximum absolute atomic E-state index is 11.5. The third kappa shape index (κ3) is 4.70. The molecule has 0 atom stereocenters. The normalized spacial score (nSPS) is 19.9. The van der Waals surface area contributed by atoms with Crippen LogP contribution in [0.1, 0.15) is 39.0 Å². The van der Waals surface area contributed by atoms with Crippen molar-refractivity contribution in [3.8, 4) is 0 Å². The fourth-order valence-corrected chi connectivity index (χ4v) is 3.19. The first-order chi connectivity index (χ1) is 6.97. The molecule has 1 fully saturated rings. The van der Waals surface area contributed by atoms with E-state index in [1.807, 2.05) is 0 Å². The van der Waals surface area contributed by atoms with E-state index < -0.39 is 10.0 Å². The number of halogens is 1. The van der Waals surface area contributed by atoms with Gasteiger partial charge in [0.25, 0.3) is 0 Å². The van der Waals surface area contributed by atoms with Crippen molar-refractivity contribution in [3.05, 3.63) is 0 Å². The summed E-state index contributed by atoms with van der Waals surface area (Å²) in [5.74, 6) is 0.739. The number of unbranched alkanes of at least 4 members (excludes halogenated alkanes) is 1. The SMILES string of the molecule is CC1(CNS(=O)(=O)CCCCCl)CCC1. The molecule has 0 aromatic carbocycles. The van der Waals surface area contributed by atoms with Crippen LogP contribution in [-0.2, 0) is 10.0 Å². The topological polar surface area (TPSA) is 46.2 Å². The van der Waals surface area contributed by atoms with Crippen LogP contribution in [0.15, 0.2) is 0 Å². The van der Waals surface area contributed by atoms with E-state index >= 15 is 0 Å². The summed E-state index contributed by atoms with van der Waals surface area (Å²) in [5, 5.41) is 0. The quantitative estimate of drug-likeness (QED) is 0.558. The summed E-state index contributed by atoms with van der Waals surface area (Å²) < 4.78 is 25.8. The number of rotatable bonds is 7. The van der Waals surface area contributed by atoms with Crippen molar-refractivity contribution in [2.24, 2.45) is 5.41 Å². The third-order valence-corrected chi connectivity index (χ3v) is 4.75. The van der Waals surface area contributed by atoms with Crippen molar-refractivity contribution in [1.29, 1.82) is 0 Å². The summed E-state index contributed by atoms with van der Waals surface area (Å²) in [5.41, 5.74) is 0.208. The summed E-state index contributed by atoms with van der Waals surface area (Å²) in [6.07, 6.45) is 4.91. The van der Waals surface area contributed by atoms with Gasteiger partial charge < -0.3 is 0 Å². The molecule has 1 N–H and O–H groups in total. The van der Waals surface area contributed by atoms with E-state index in [-0.39, 0.29) is 11.2 Å². The molecule has 15 heavy (non-hydrogen) atoms. The molecule has 0 unspecified atom stereocenters. The molecule has 0 saturated heterocycles. The molecule has 90 valence electrons. The van der Waals surface area contributed by atoms with Crippen LogP contribution in [0.5, 0.6) is 0 Å². The second-order valence-electron chi connectivity index (χ2n) is 4.70. The van der Waals surface area contributed by atoms with Crippen LogP contribution in [0.2, 0.25) is 0 Å². The molecule has 0 aliphatic heterocycles. The summed E-state index contributed by atoms with van der Waals surface area (Å²) in [7, 11) is -3.07. The highest BCUT2D eigenvalue weighted by Crippen LogP contribution is 2.39. The Hall–Kier alpha value is 0.200. The molecule has 0 aromatic heterocycles. The summed E-state index contributed by atoms with van der Waals surface area (Å²) in [4.78, 5) is 0. The molecule has 0 radical (unpaired) electrons. The van der Waals surface area contributed by atoms with Gasteiger partial charge in [0, 0.05) is 12.4 Å². The van der Waals surface area contributed by atoms with E-state index in [1.165, 1.54) is 6.42 Å². The largest absolute Gasteiger partial charge is 0.215 e. The van der Waals surface area contributed by atoms with Gasteiger partial charge in [0.05, 0.1) is 5.75 Å². The Morgan fingerprint density at radius 2 is 2.00 bits per heavy atom. The van der Waals surface area contributed by atoms with Gasteiger partial charge in [-0.3, -0.25) is 0 Å². The molecule has 0 amide bonds. The van der Waals surface area contributed by atoms with Gasteiger partial charge in [-0.15, -0.1) is 11.6 Å². The molecule has 5 heteroatoms. The van der Waals surface area contributed by atoms with Gasteiger partial charge in [0.1, 0.15) is 0 Å². The Bertz CT molecular complexity index is 286. The van der Waals surface area contributed by atoms with Crippen LogP contribution in [0, 0.1) is 5.41 Å². The molecular weight excluding hydrogens is 234 g/mol. The van der Waals surface area contributed by atoms with E-state index in [9.17, 15) is 8.42 Å². The second-order valence-corrected chi connectivity index (χ2v) is 7.00. The molecule has 0 spiro atoms. The number of alkyl halides is 1. The zero-order chi connectivity index (χ0) is 11.4. The molecule has 0 aromatic rings. The first kappa shape index (κ1) is 13.3. The van der Waals surface area contributed by atoms with Gasteiger partial charge in [0.2, 0.25) is 10.0 Å². The molecule has 1 aliphatic carbocycles. The highest BCUT2D eigenvalue weighted by Gasteiger charge is 2.32. The van der Waals surface area contributed by atoms with E-state index in [4.69, 9.17) is 11.6 Å². The maximum Gasteiger partial charge on any atom is 0.211 e. The molecule has 1 saturated carbocycles. The first-order valence-corrected chi connectivity index (χ1v) is 7.69. The van der Waals surface area contributed by atoms with Crippen LogP contribution in [-0.4, -0.2) is 26.6 Å². The summed E-state index contributed by atoms with van der Waals surface area (Å²) in [6.45, 7) is 2.73. The standard InChI is InChI=1S/C10H20ClNO2S/c1-10(5-4-6-10)9-12-15(13,14)8-3-2-7-11/h12H,2-9H2,1H3. The minimum Gasteiger partial charge on any atom is -0.215 e. The van der Waals surface area contributed by atoms with Crippen molar-refractivity contribution in [1.82, 2.24) is 4.72 Å². The Kier molecular flexibility index (Phi) is 4.87. The zero-order valence-electron chi connectivity index (χ0n) is 9.26. The van der Waals surface area contributed by atoms with Crippen LogP contribution >= 0.6 is 11.6 Å². The number of hydrogen-bond donors (Lipinski definition) is 1. The van der Waals surface area contributed by atoms with Crippen molar-refractivity contribution in [2.75, 3.05) is 18.2 Å². The molecular formula is C10H20ClNO2S. The van der Waals surface area contributed by atoms with Gasteiger partial charge in [-0.05, 0) is 31.1 Å². The van der Waals surface area contributed by atoms with Crippen LogP contribution in [0.4, 0.5) is 0 Å². The van der Waals surface area contributed by atoms with E-state index in [1.54, 1.807) is 0 Å².